The molecule has 220 valence electrons. The van der Waals surface area contributed by atoms with Crippen LogP contribution in [0.15, 0.2) is 48.8 Å². The Kier molecular flexibility index (Phi) is 7.94. The molecule has 0 saturated carbocycles. The molecule has 0 radical (unpaired) electrons. The van der Waals surface area contributed by atoms with Gasteiger partial charge in [-0.05, 0) is 70.1 Å². The molecule has 0 unspecified atom stereocenters. The topological polar surface area (TPSA) is 131 Å². The van der Waals surface area contributed by atoms with E-state index in [-0.39, 0.29) is 11.7 Å². The number of carbonyl (C=O) groups is 1. The molecule has 2 aliphatic heterocycles. The Bertz CT molecular complexity index is 1530. The average Bonchev–Trinajstić information content (AvgIpc) is 3.47. The van der Waals surface area contributed by atoms with E-state index in [0.717, 1.165) is 48.5 Å². The van der Waals surface area contributed by atoms with Gasteiger partial charge in [0.05, 0.1) is 0 Å². The second kappa shape index (κ2) is 11.9. The van der Waals surface area contributed by atoms with E-state index < -0.39 is 5.91 Å². The first-order valence-electron chi connectivity index (χ1n) is 14.8. The highest BCUT2D eigenvalue weighted by molar-refractivity contribution is 6.00. The summed E-state index contributed by atoms with van der Waals surface area (Å²) in [5, 5.41) is 7.58. The maximum atomic E-state index is 12.6. The van der Waals surface area contributed by atoms with Gasteiger partial charge in [0, 0.05) is 86.1 Å². The zero-order valence-electron chi connectivity index (χ0n) is 24.6. The monoisotopic (exact) mass is 568 g/mol. The molecule has 6 rings (SSSR count). The molecule has 11 heteroatoms. The van der Waals surface area contributed by atoms with Crippen LogP contribution in [-0.2, 0) is 0 Å². The van der Waals surface area contributed by atoms with Crippen LogP contribution in [0.5, 0.6) is 0 Å². The van der Waals surface area contributed by atoms with Crippen LogP contribution >= 0.6 is 0 Å². The van der Waals surface area contributed by atoms with Crippen molar-refractivity contribution >= 4 is 40.0 Å². The van der Waals surface area contributed by atoms with Crippen molar-refractivity contribution in [3.05, 3.63) is 54.5 Å². The Labute approximate surface area is 246 Å². The lowest BCUT2D eigenvalue weighted by atomic mass is 10.0. The second-order valence-corrected chi connectivity index (χ2v) is 11.6. The summed E-state index contributed by atoms with van der Waals surface area (Å²) in [5.41, 5.74) is 10.00. The molecule has 42 heavy (non-hydrogen) atoms. The van der Waals surface area contributed by atoms with E-state index in [4.69, 9.17) is 15.7 Å². The number of piperidine rings is 1. The highest BCUT2D eigenvalue weighted by atomic mass is 16.1. The number of anilines is 4. The van der Waals surface area contributed by atoms with Crippen molar-refractivity contribution in [3.8, 4) is 11.3 Å². The number of piperazine rings is 1. The Morgan fingerprint density at radius 1 is 0.976 bits per heavy atom. The van der Waals surface area contributed by atoms with Gasteiger partial charge in [-0.25, -0.2) is 15.0 Å². The molecule has 1 amide bonds. The molecule has 5 N–H and O–H groups in total. The lowest BCUT2D eigenvalue weighted by Crippen LogP contribution is -2.52. The van der Waals surface area contributed by atoms with Crippen molar-refractivity contribution in [2.24, 2.45) is 5.73 Å². The summed E-state index contributed by atoms with van der Waals surface area (Å²) in [6.45, 7) is 10.8. The number of hydrogen-bond acceptors (Lipinski definition) is 9. The van der Waals surface area contributed by atoms with Crippen molar-refractivity contribution < 1.29 is 4.79 Å². The van der Waals surface area contributed by atoms with E-state index in [1.807, 2.05) is 44.3 Å². The minimum Gasteiger partial charge on any atom is -0.371 e. The maximum Gasteiger partial charge on any atom is 0.271 e. The van der Waals surface area contributed by atoms with Crippen molar-refractivity contribution in [1.29, 1.82) is 0 Å². The summed E-state index contributed by atoms with van der Waals surface area (Å²) in [5.74, 6) is 0.224. The Morgan fingerprint density at radius 2 is 1.71 bits per heavy atom. The predicted molar refractivity (Wildman–Crippen MR) is 168 cm³/mol. The summed E-state index contributed by atoms with van der Waals surface area (Å²) >= 11 is 0. The highest BCUT2D eigenvalue weighted by Crippen LogP contribution is 2.34. The van der Waals surface area contributed by atoms with Crippen LogP contribution in [0.4, 0.5) is 23.0 Å². The van der Waals surface area contributed by atoms with E-state index in [1.54, 1.807) is 6.20 Å². The van der Waals surface area contributed by atoms with E-state index in [2.05, 4.69) is 54.5 Å². The van der Waals surface area contributed by atoms with Gasteiger partial charge in [0.1, 0.15) is 11.3 Å². The van der Waals surface area contributed by atoms with Gasteiger partial charge < -0.3 is 31.2 Å². The van der Waals surface area contributed by atoms with Crippen LogP contribution in [-0.4, -0.2) is 94.0 Å². The van der Waals surface area contributed by atoms with Crippen LogP contribution in [0.3, 0.4) is 0 Å². The van der Waals surface area contributed by atoms with Crippen molar-refractivity contribution in [1.82, 2.24) is 29.7 Å². The van der Waals surface area contributed by atoms with Gasteiger partial charge in [-0.15, -0.1) is 0 Å². The van der Waals surface area contributed by atoms with E-state index in [0.29, 0.717) is 23.4 Å². The molecular weight excluding hydrogens is 528 g/mol. The van der Waals surface area contributed by atoms with E-state index >= 15 is 0 Å². The second-order valence-electron chi connectivity index (χ2n) is 11.6. The molecule has 3 aromatic heterocycles. The first-order valence-corrected chi connectivity index (χ1v) is 14.8. The summed E-state index contributed by atoms with van der Waals surface area (Å²) in [4.78, 5) is 37.2. The number of nitrogens with zero attached hydrogens (tertiary/aromatic N) is 6. The number of carbonyl (C=O) groups excluding carboxylic acids is 1. The smallest absolute Gasteiger partial charge is 0.271 e. The normalized spacial score (nSPS) is 17.2. The molecule has 0 bridgehead atoms. The van der Waals surface area contributed by atoms with Crippen molar-refractivity contribution in [2.75, 3.05) is 61.8 Å². The number of aromatic nitrogens is 4. The number of primary amides is 1. The number of likely N-dealkylation sites (N-methyl/N-ethyl adjacent to an activating group) is 1. The first-order chi connectivity index (χ1) is 20.4. The SMILES string of the molecule is CC(C)Nc1nc(Nc2ccc(N3CCC(N4CCN(C)CC4)CC3)cc2)c(C(N)=O)nc1-c1ccnc2[nH]ccc12. The van der Waals surface area contributed by atoms with Gasteiger partial charge in [0.15, 0.2) is 17.3 Å². The molecule has 2 fully saturated rings. The largest absolute Gasteiger partial charge is 0.371 e. The maximum absolute atomic E-state index is 12.6. The fourth-order valence-corrected chi connectivity index (χ4v) is 5.99. The lowest BCUT2D eigenvalue weighted by Gasteiger charge is -2.42. The number of aromatic amines is 1. The lowest BCUT2D eigenvalue weighted by molar-refractivity contribution is 0.0982. The predicted octanol–water partition coefficient (Wildman–Crippen LogP) is 3.90. The molecule has 1 aromatic carbocycles. The third-order valence-electron chi connectivity index (χ3n) is 8.28. The number of hydrogen-bond donors (Lipinski definition) is 4. The molecule has 0 aliphatic carbocycles. The standard InChI is InChI=1S/C31H40N10O/c1-20(2)35-30-26(24-8-12-33-29-25(24)9-13-34-29)37-27(28(32)42)31(38-30)36-21-4-6-22(7-5-21)40-14-10-23(11-15-40)41-18-16-39(3)17-19-41/h4-9,12-13,20,23H,10-11,14-19H2,1-3H3,(H2,32,42)(H,33,34)(H2,35,36,38). The number of rotatable bonds is 8. The molecule has 0 atom stereocenters. The van der Waals surface area contributed by atoms with E-state index in [1.165, 1.54) is 31.6 Å². The molecule has 2 saturated heterocycles. The minimum absolute atomic E-state index is 0.0786. The Hall–Kier alpha value is -4.22. The average molecular weight is 569 g/mol. The number of nitrogens with two attached hydrogens (primary N) is 1. The summed E-state index contributed by atoms with van der Waals surface area (Å²) in [7, 11) is 2.21. The van der Waals surface area contributed by atoms with Crippen molar-refractivity contribution in [3.63, 3.8) is 0 Å². The number of pyridine rings is 1. The summed E-state index contributed by atoms with van der Waals surface area (Å²) in [6.07, 6.45) is 5.91. The molecular formula is C31H40N10O. The first kappa shape index (κ1) is 27.9. The van der Waals surface area contributed by atoms with Gasteiger partial charge in [-0.1, -0.05) is 0 Å². The van der Waals surface area contributed by atoms with Gasteiger partial charge in [-0.3, -0.25) is 9.69 Å². The van der Waals surface area contributed by atoms with Crippen molar-refractivity contribution in [2.45, 2.75) is 38.8 Å². The molecule has 11 nitrogen and oxygen atoms in total. The van der Waals surface area contributed by atoms with Gasteiger partial charge in [0.25, 0.3) is 5.91 Å². The Morgan fingerprint density at radius 3 is 2.40 bits per heavy atom. The summed E-state index contributed by atoms with van der Waals surface area (Å²) in [6, 6.07) is 12.9. The molecule has 4 aromatic rings. The van der Waals surface area contributed by atoms with Gasteiger partial charge in [0.2, 0.25) is 0 Å². The Balaban J connectivity index is 1.21. The summed E-state index contributed by atoms with van der Waals surface area (Å²) < 4.78 is 0. The van der Waals surface area contributed by atoms with Crippen LogP contribution in [0, 0.1) is 0 Å². The van der Waals surface area contributed by atoms with Crippen LogP contribution in [0.1, 0.15) is 37.2 Å². The van der Waals surface area contributed by atoms with Gasteiger partial charge >= 0.3 is 0 Å². The molecule has 0 spiro atoms. The number of amides is 1. The van der Waals surface area contributed by atoms with Gasteiger partial charge in [-0.2, -0.15) is 0 Å². The van der Waals surface area contributed by atoms with Crippen LogP contribution in [0.25, 0.3) is 22.3 Å². The third-order valence-corrected chi connectivity index (χ3v) is 8.28. The minimum atomic E-state index is -0.651. The molecule has 5 heterocycles. The molecule has 2 aliphatic rings. The number of benzene rings is 1. The zero-order valence-corrected chi connectivity index (χ0v) is 24.6. The van der Waals surface area contributed by atoms with Crippen LogP contribution < -0.4 is 21.3 Å². The number of nitrogens with one attached hydrogen (secondary N) is 3. The van der Waals surface area contributed by atoms with E-state index in [9.17, 15) is 4.79 Å². The zero-order chi connectivity index (χ0) is 29.2. The number of H-pyrrole nitrogens is 1. The highest BCUT2D eigenvalue weighted by Gasteiger charge is 2.27. The van der Waals surface area contributed by atoms with Crippen LogP contribution in [0.2, 0.25) is 0 Å². The third kappa shape index (κ3) is 5.88. The fraction of sp³-hybridized carbons (Fsp3) is 0.419. The fourth-order valence-electron chi connectivity index (χ4n) is 5.99. The quantitative estimate of drug-likeness (QED) is 0.250. The number of fused-ring (bicyclic) bond motifs is 1.